The van der Waals surface area contributed by atoms with E-state index in [-0.39, 0.29) is 16.8 Å². The van der Waals surface area contributed by atoms with Crippen molar-refractivity contribution >= 4 is 21.6 Å². The lowest BCUT2D eigenvalue weighted by atomic mass is 10.3. The van der Waals surface area contributed by atoms with Crippen LogP contribution in [-0.2, 0) is 9.84 Å². The van der Waals surface area contributed by atoms with Gasteiger partial charge in [0.25, 0.3) is 0 Å². The molecular formula is C15H14O4S2. The summed E-state index contributed by atoms with van der Waals surface area (Å²) in [6.07, 6.45) is 0. The molecule has 21 heavy (non-hydrogen) atoms. The number of phenolic OH excluding ortho intramolecular Hbond substituents is 1. The van der Waals surface area contributed by atoms with Gasteiger partial charge in [-0.3, -0.25) is 0 Å². The minimum absolute atomic E-state index is 0.0416. The Labute approximate surface area is 127 Å². The van der Waals surface area contributed by atoms with Gasteiger partial charge in [-0.25, -0.2) is 8.42 Å². The second-order valence-corrected chi connectivity index (χ2v) is 8.15. The molecule has 0 bridgehead atoms. The van der Waals surface area contributed by atoms with Crippen molar-refractivity contribution in [2.24, 2.45) is 0 Å². The summed E-state index contributed by atoms with van der Waals surface area (Å²) in [5.74, 6) is 1.98. The van der Waals surface area contributed by atoms with Gasteiger partial charge in [0, 0.05) is 11.0 Å². The summed E-state index contributed by atoms with van der Waals surface area (Å²) in [7, 11) is -3.22. The van der Waals surface area contributed by atoms with E-state index in [1.54, 1.807) is 42.1 Å². The highest BCUT2D eigenvalue weighted by atomic mass is 32.2. The summed E-state index contributed by atoms with van der Waals surface area (Å²) in [5, 5.41) is 9.88. The second-order valence-electron chi connectivity index (χ2n) is 4.78. The van der Waals surface area contributed by atoms with E-state index in [9.17, 15) is 13.5 Å². The van der Waals surface area contributed by atoms with Crippen molar-refractivity contribution in [3.8, 4) is 17.2 Å². The first-order chi connectivity index (χ1) is 10.0. The van der Waals surface area contributed by atoms with Crippen LogP contribution in [0, 0.1) is 0 Å². The fraction of sp³-hybridized carbons (Fsp3) is 0.200. The smallest absolute Gasteiger partial charge is 0.179 e. The fourth-order valence-electron chi connectivity index (χ4n) is 1.89. The summed E-state index contributed by atoms with van der Waals surface area (Å²) in [6.45, 7) is 0. The molecule has 0 radical (unpaired) electrons. The van der Waals surface area contributed by atoms with Crippen LogP contribution in [0.15, 0.2) is 53.4 Å². The Kier molecular flexibility index (Phi) is 3.82. The molecule has 0 spiro atoms. The average Bonchev–Trinajstić information content (AvgIpc) is 3.25. The first kappa shape index (κ1) is 14.3. The number of benzene rings is 2. The summed E-state index contributed by atoms with van der Waals surface area (Å²) in [6, 6.07) is 12.9. The van der Waals surface area contributed by atoms with E-state index in [0.29, 0.717) is 16.4 Å². The molecule has 1 saturated heterocycles. The van der Waals surface area contributed by atoms with E-state index in [1.165, 1.54) is 18.2 Å². The van der Waals surface area contributed by atoms with E-state index in [0.717, 1.165) is 5.75 Å². The first-order valence-electron chi connectivity index (χ1n) is 6.45. The van der Waals surface area contributed by atoms with Crippen molar-refractivity contribution in [3.05, 3.63) is 48.5 Å². The van der Waals surface area contributed by atoms with Crippen molar-refractivity contribution < 1.29 is 18.3 Å². The highest BCUT2D eigenvalue weighted by Crippen LogP contribution is 2.34. The topological polar surface area (TPSA) is 63.6 Å². The number of aromatic hydroxyl groups is 1. The quantitative estimate of drug-likeness (QED) is 0.857. The maximum absolute atomic E-state index is 12.1. The van der Waals surface area contributed by atoms with Crippen LogP contribution in [0.4, 0.5) is 0 Å². The third-order valence-electron chi connectivity index (χ3n) is 3.08. The van der Waals surface area contributed by atoms with Gasteiger partial charge >= 0.3 is 0 Å². The molecule has 1 aliphatic rings. The van der Waals surface area contributed by atoms with Crippen LogP contribution in [0.25, 0.3) is 0 Å². The fourth-order valence-corrected chi connectivity index (χ4v) is 4.57. The molecule has 1 unspecified atom stereocenters. The van der Waals surface area contributed by atoms with E-state index >= 15 is 0 Å². The molecule has 1 heterocycles. The molecule has 2 aromatic rings. The zero-order valence-corrected chi connectivity index (χ0v) is 12.7. The summed E-state index contributed by atoms with van der Waals surface area (Å²) < 4.78 is 29.7. The van der Waals surface area contributed by atoms with Gasteiger partial charge in [-0.05, 0) is 36.4 Å². The average molecular weight is 322 g/mol. The van der Waals surface area contributed by atoms with Gasteiger partial charge in [0.05, 0.1) is 10.6 Å². The molecule has 0 aliphatic carbocycles. The van der Waals surface area contributed by atoms with Crippen LogP contribution in [0.3, 0.4) is 0 Å². The number of ether oxygens (including phenoxy) is 1. The molecule has 1 N–H and O–H groups in total. The zero-order chi connectivity index (χ0) is 14.9. The lowest BCUT2D eigenvalue weighted by Gasteiger charge is -2.08. The third-order valence-corrected chi connectivity index (χ3v) is 6.10. The van der Waals surface area contributed by atoms with Crippen LogP contribution in [0.1, 0.15) is 0 Å². The summed E-state index contributed by atoms with van der Waals surface area (Å²) >= 11 is 1.66. The van der Waals surface area contributed by atoms with Gasteiger partial charge in [-0.1, -0.05) is 12.1 Å². The maximum atomic E-state index is 12.1. The highest BCUT2D eigenvalue weighted by molar-refractivity contribution is 8.08. The molecule has 2 aromatic carbocycles. The van der Waals surface area contributed by atoms with Crippen molar-refractivity contribution in [2.75, 3.05) is 11.5 Å². The number of phenols is 1. The van der Waals surface area contributed by atoms with Crippen LogP contribution < -0.4 is 4.74 Å². The first-order valence-corrected chi connectivity index (χ1v) is 9.15. The lowest BCUT2D eigenvalue weighted by Crippen LogP contribution is -2.10. The highest BCUT2D eigenvalue weighted by Gasteiger charge is 2.29. The van der Waals surface area contributed by atoms with Crippen LogP contribution in [0.5, 0.6) is 17.2 Å². The Hall–Kier alpha value is -1.66. The molecule has 0 aromatic heterocycles. The van der Waals surface area contributed by atoms with Gasteiger partial charge in [-0.15, -0.1) is 0 Å². The Morgan fingerprint density at radius 3 is 2.43 bits per heavy atom. The van der Waals surface area contributed by atoms with Gasteiger partial charge in [0.15, 0.2) is 21.3 Å². The molecule has 1 aliphatic heterocycles. The Bertz CT molecular complexity index is 735. The molecular weight excluding hydrogens is 308 g/mol. The normalized spacial score (nSPS) is 17.4. The van der Waals surface area contributed by atoms with Crippen molar-refractivity contribution in [3.63, 3.8) is 0 Å². The van der Waals surface area contributed by atoms with Gasteiger partial charge in [0.2, 0.25) is 0 Å². The SMILES string of the molecule is O=S(=O)(CC1CS1)c1ccc(Oc2ccccc2O)cc1. The van der Waals surface area contributed by atoms with Crippen molar-refractivity contribution in [1.82, 2.24) is 0 Å². The number of para-hydroxylation sites is 2. The van der Waals surface area contributed by atoms with Crippen LogP contribution in [-0.4, -0.2) is 30.3 Å². The standard InChI is InChI=1S/C15H14O4S2/c16-14-3-1-2-4-15(14)19-11-5-7-13(8-6-11)21(17,18)10-12-9-20-12/h1-8,12,16H,9-10H2. The van der Waals surface area contributed by atoms with E-state index < -0.39 is 9.84 Å². The molecule has 4 nitrogen and oxygen atoms in total. The molecule has 1 atom stereocenters. The minimum atomic E-state index is -3.22. The minimum Gasteiger partial charge on any atom is -0.504 e. The Balaban J connectivity index is 1.76. The van der Waals surface area contributed by atoms with Gasteiger partial charge < -0.3 is 9.84 Å². The number of hydrogen-bond acceptors (Lipinski definition) is 5. The van der Waals surface area contributed by atoms with E-state index in [4.69, 9.17) is 4.74 Å². The van der Waals surface area contributed by atoms with Crippen LogP contribution in [0.2, 0.25) is 0 Å². The molecule has 110 valence electrons. The summed E-state index contributed by atoms with van der Waals surface area (Å²) in [4.78, 5) is 0.305. The number of sulfone groups is 1. The predicted molar refractivity (Wildman–Crippen MR) is 82.9 cm³/mol. The van der Waals surface area contributed by atoms with E-state index in [1.807, 2.05) is 0 Å². The van der Waals surface area contributed by atoms with Crippen molar-refractivity contribution in [2.45, 2.75) is 10.1 Å². The van der Waals surface area contributed by atoms with Gasteiger partial charge in [-0.2, -0.15) is 11.8 Å². The molecule has 3 rings (SSSR count). The lowest BCUT2D eigenvalue weighted by molar-refractivity contribution is 0.411. The van der Waals surface area contributed by atoms with E-state index in [2.05, 4.69) is 0 Å². The molecule has 1 fully saturated rings. The number of rotatable bonds is 5. The largest absolute Gasteiger partial charge is 0.504 e. The van der Waals surface area contributed by atoms with Crippen LogP contribution >= 0.6 is 11.8 Å². The van der Waals surface area contributed by atoms with Crippen molar-refractivity contribution in [1.29, 1.82) is 0 Å². The van der Waals surface area contributed by atoms with Gasteiger partial charge in [0.1, 0.15) is 5.75 Å². The number of thioether (sulfide) groups is 1. The molecule has 0 amide bonds. The Morgan fingerprint density at radius 1 is 1.14 bits per heavy atom. The zero-order valence-electron chi connectivity index (χ0n) is 11.1. The third kappa shape index (κ3) is 3.51. The molecule has 0 saturated carbocycles. The molecule has 6 heteroatoms. The predicted octanol–water partition coefficient (Wildman–Crippen LogP) is 3.07. The second kappa shape index (κ2) is 5.61. The number of hydrogen-bond donors (Lipinski definition) is 1. The monoisotopic (exact) mass is 322 g/mol. The maximum Gasteiger partial charge on any atom is 0.179 e. The summed E-state index contributed by atoms with van der Waals surface area (Å²) in [5.41, 5.74) is 0. The Morgan fingerprint density at radius 2 is 1.81 bits per heavy atom.